The predicted octanol–water partition coefficient (Wildman–Crippen LogP) is 0.795. The van der Waals surface area contributed by atoms with Crippen molar-refractivity contribution in [2.45, 2.75) is 12.8 Å². The minimum atomic E-state index is -0.782. The van der Waals surface area contributed by atoms with E-state index in [9.17, 15) is 4.79 Å². The molecule has 3 N–H and O–H groups in total. The van der Waals surface area contributed by atoms with Crippen LogP contribution in [-0.2, 0) is 4.79 Å². The van der Waals surface area contributed by atoms with Gasteiger partial charge >= 0.3 is 5.97 Å². The summed E-state index contributed by atoms with van der Waals surface area (Å²) in [6.07, 6.45) is 2.19. The Hall–Kier alpha value is -1.85. The van der Waals surface area contributed by atoms with Gasteiger partial charge < -0.3 is 15.7 Å². The minimum Gasteiger partial charge on any atom is -0.481 e. The molecule has 0 fully saturated rings. The number of aliphatic carboxylic acids is 1. The summed E-state index contributed by atoms with van der Waals surface area (Å²) in [4.78, 5) is 18.2. The van der Waals surface area contributed by atoms with E-state index < -0.39 is 5.97 Å². The number of hydrogen-bond acceptors (Lipinski definition) is 5. The van der Waals surface area contributed by atoms with Gasteiger partial charge in [-0.15, -0.1) is 0 Å². The van der Waals surface area contributed by atoms with Gasteiger partial charge in [0.1, 0.15) is 18.0 Å². The summed E-state index contributed by atoms with van der Waals surface area (Å²) in [5.74, 6) is 0.640. The molecule has 1 rings (SSSR count). The second-order valence-corrected chi connectivity index (χ2v) is 2.96. The number of rotatable bonds is 6. The summed E-state index contributed by atoms with van der Waals surface area (Å²) in [5.41, 5.74) is 0. The lowest BCUT2D eigenvalue weighted by molar-refractivity contribution is -0.137. The molecule has 6 heteroatoms. The minimum absolute atomic E-state index is 0.164. The number of carbonyl (C=O) groups is 1. The number of anilines is 2. The molecule has 15 heavy (non-hydrogen) atoms. The van der Waals surface area contributed by atoms with Gasteiger partial charge in [-0.2, -0.15) is 0 Å². The number of nitrogens with zero attached hydrogens (tertiary/aromatic N) is 2. The average Bonchev–Trinajstić information content (AvgIpc) is 2.24. The molecule has 0 spiro atoms. The van der Waals surface area contributed by atoms with Gasteiger partial charge in [0.15, 0.2) is 0 Å². The Morgan fingerprint density at radius 2 is 2.20 bits per heavy atom. The Kier molecular flexibility index (Phi) is 4.33. The Balaban J connectivity index is 2.33. The van der Waals surface area contributed by atoms with E-state index in [-0.39, 0.29) is 6.42 Å². The maximum atomic E-state index is 10.2. The monoisotopic (exact) mass is 210 g/mol. The quantitative estimate of drug-likeness (QED) is 0.602. The van der Waals surface area contributed by atoms with Gasteiger partial charge in [-0.3, -0.25) is 4.79 Å². The van der Waals surface area contributed by atoms with Gasteiger partial charge in [0, 0.05) is 26.1 Å². The fraction of sp³-hybridized carbons (Fsp3) is 0.444. The van der Waals surface area contributed by atoms with Gasteiger partial charge in [0.2, 0.25) is 0 Å². The second-order valence-electron chi connectivity index (χ2n) is 2.96. The first kappa shape index (κ1) is 11.2. The Labute approximate surface area is 87.8 Å². The van der Waals surface area contributed by atoms with Crippen molar-refractivity contribution >= 4 is 17.6 Å². The molecule has 0 bridgehead atoms. The summed E-state index contributed by atoms with van der Waals surface area (Å²) in [5, 5.41) is 14.3. The standard InChI is InChI=1S/C9H14N4O2/c1-10-7-5-8(13-6-12-7)11-4-2-3-9(14)15/h5-6H,2-4H2,1H3,(H,14,15)(H2,10,11,12,13). The maximum Gasteiger partial charge on any atom is 0.303 e. The molecular weight excluding hydrogens is 196 g/mol. The first-order chi connectivity index (χ1) is 7.22. The zero-order chi connectivity index (χ0) is 11.1. The number of carboxylic acids is 1. The van der Waals surface area contributed by atoms with Gasteiger partial charge in [-0.25, -0.2) is 9.97 Å². The second kappa shape index (κ2) is 5.79. The third-order valence-electron chi connectivity index (χ3n) is 1.80. The fourth-order valence-corrected chi connectivity index (χ4v) is 1.05. The lowest BCUT2D eigenvalue weighted by Gasteiger charge is -2.05. The van der Waals surface area contributed by atoms with Crippen molar-refractivity contribution in [2.75, 3.05) is 24.2 Å². The molecule has 6 nitrogen and oxygen atoms in total. The van der Waals surface area contributed by atoms with Crippen LogP contribution in [0.5, 0.6) is 0 Å². The van der Waals surface area contributed by atoms with Gasteiger partial charge in [-0.1, -0.05) is 0 Å². The predicted molar refractivity (Wildman–Crippen MR) is 56.9 cm³/mol. The molecule has 1 aromatic heterocycles. The van der Waals surface area contributed by atoms with Crippen molar-refractivity contribution in [3.63, 3.8) is 0 Å². The largest absolute Gasteiger partial charge is 0.481 e. The highest BCUT2D eigenvalue weighted by atomic mass is 16.4. The summed E-state index contributed by atoms with van der Waals surface area (Å²) in [6, 6.07) is 1.76. The molecule has 0 aromatic carbocycles. The number of aromatic nitrogens is 2. The topological polar surface area (TPSA) is 87.1 Å². The van der Waals surface area contributed by atoms with Gasteiger partial charge in [-0.05, 0) is 6.42 Å². The molecule has 0 radical (unpaired) electrons. The van der Waals surface area contributed by atoms with E-state index in [4.69, 9.17) is 5.11 Å². The first-order valence-corrected chi connectivity index (χ1v) is 4.68. The Morgan fingerprint density at radius 3 is 2.87 bits per heavy atom. The SMILES string of the molecule is CNc1cc(NCCCC(=O)O)ncn1. The Morgan fingerprint density at radius 1 is 1.47 bits per heavy atom. The van der Waals surface area contributed by atoms with Crippen molar-refractivity contribution in [1.29, 1.82) is 0 Å². The number of hydrogen-bond donors (Lipinski definition) is 3. The summed E-state index contributed by atoms with van der Waals surface area (Å²) in [7, 11) is 1.77. The van der Waals surface area contributed by atoms with E-state index in [1.54, 1.807) is 13.1 Å². The lowest BCUT2D eigenvalue weighted by atomic mass is 10.3. The number of nitrogens with one attached hydrogen (secondary N) is 2. The van der Waals surface area contributed by atoms with E-state index in [2.05, 4.69) is 20.6 Å². The van der Waals surface area contributed by atoms with E-state index in [0.717, 1.165) is 5.82 Å². The summed E-state index contributed by atoms with van der Waals surface area (Å²) < 4.78 is 0. The van der Waals surface area contributed by atoms with E-state index in [1.807, 2.05) is 0 Å². The highest BCUT2D eigenvalue weighted by Gasteiger charge is 1.98. The van der Waals surface area contributed by atoms with Crippen molar-refractivity contribution in [3.05, 3.63) is 12.4 Å². The van der Waals surface area contributed by atoms with Crippen LogP contribution in [0.4, 0.5) is 11.6 Å². The van der Waals surface area contributed by atoms with E-state index in [1.165, 1.54) is 6.33 Å². The zero-order valence-corrected chi connectivity index (χ0v) is 8.53. The highest BCUT2D eigenvalue weighted by Crippen LogP contribution is 2.07. The van der Waals surface area contributed by atoms with Crippen molar-refractivity contribution in [3.8, 4) is 0 Å². The molecule has 0 saturated heterocycles. The van der Waals surface area contributed by atoms with Crippen LogP contribution in [0.3, 0.4) is 0 Å². The van der Waals surface area contributed by atoms with Gasteiger partial charge in [0.05, 0.1) is 0 Å². The Bertz CT molecular complexity index is 330. The zero-order valence-electron chi connectivity index (χ0n) is 8.53. The van der Waals surface area contributed by atoms with Crippen molar-refractivity contribution < 1.29 is 9.90 Å². The average molecular weight is 210 g/mol. The molecule has 82 valence electrons. The number of carboxylic acid groups (broad SMARTS) is 1. The molecule has 1 heterocycles. The maximum absolute atomic E-state index is 10.2. The smallest absolute Gasteiger partial charge is 0.303 e. The van der Waals surface area contributed by atoms with Crippen LogP contribution in [0.2, 0.25) is 0 Å². The third kappa shape index (κ3) is 4.26. The van der Waals surface area contributed by atoms with Crippen LogP contribution in [0, 0.1) is 0 Å². The molecule has 0 amide bonds. The first-order valence-electron chi connectivity index (χ1n) is 4.68. The lowest BCUT2D eigenvalue weighted by Crippen LogP contribution is -2.06. The van der Waals surface area contributed by atoms with Crippen LogP contribution < -0.4 is 10.6 Å². The van der Waals surface area contributed by atoms with E-state index in [0.29, 0.717) is 18.8 Å². The van der Waals surface area contributed by atoms with Crippen LogP contribution >= 0.6 is 0 Å². The molecule has 0 unspecified atom stereocenters. The van der Waals surface area contributed by atoms with Gasteiger partial charge in [0.25, 0.3) is 0 Å². The molecule has 0 aliphatic heterocycles. The molecular formula is C9H14N4O2. The highest BCUT2D eigenvalue weighted by molar-refractivity contribution is 5.66. The molecule has 0 atom stereocenters. The van der Waals surface area contributed by atoms with Crippen LogP contribution in [0.1, 0.15) is 12.8 Å². The van der Waals surface area contributed by atoms with Crippen molar-refractivity contribution in [1.82, 2.24) is 9.97 Å². The molecule has 0 aliphatic rings. The molecule has 1 aromatic rings. The third-order valence-corrected chi connectivity index (χ3v) is 1.80. The van der Waals surface area contributed by atoms with Crippen molar-refractivity contribution in [2.24, 2.45) is 0 Å². The van der Waals surface area contributed by atoms with E-state index >= 15 is 0 Å². The normalized spacial score (nSPS) is 9.67. The molecule has 0 saturated carbocycles. The summed E-state index contributed by atoms with van der Waals surface area (Å²) in [6.45, 7) is 0.590. The fourth-order valence-electron chi connectivity index (χ4n) is 1.05. The van der Waals surface area contributed by atoms with Crippen LogP contribution in [-0.4, -0.2) is 34.6 Å². The van der Waals surface area contributed by atoms with Crippen LogP contribution in [0.15, 0.2) is 12.4 Å². The summed E-state index contributed by atoms with van der Waals surface area (Å²) >= 11 is 0. The molecule has 0 aliphatic carbocycles. The van der Waals surface area contributed by atoms with Crippen LogP contribution in [0.25, 0.3) is 0 Å².